The van der Waals surface area contributed by atoms with Crippen LogP contribution in [0.1, 0.15) is 50.3 Å². The lowest BCUT2D eigenvalue weighted by Crippen LogP contribution is -2.45. The van der Waals surface area contributed by atoms with Gasteiger partial charge in [0.2, 0.25) is 10.0 Å². The van der Waals surface area contributed by atoms with Gasteiger partial charge in [0.25, 0.3) is 0 Å². The second-order valence-electron chi connectivity index (χ2n) is 7.67. The highest BCUT2D eigenvalue weighted by Crippen LogP contribution is 2.32. The van der Waals surface area contributed by atoms with Gasteiger partial charge in [0.15, 0.2) is 0 Å². The van der Waals surface area contributed by atoms with Gasteiger partial charge in [0, 0.05) is 5.54 Å². The third kappa shape index (κ3) is 4.86. The molecule has 0 saturated carbocycles. The highest BCUT2D eigenvalue weighted by Gasteiger charge is 2.28. The van der Waals surface area contributed by atoms with E-state index in [9.17, 15) is 8.42 Å². The van der Waals surface area contributed by atoms with E-state index in [1.54, 1.807) is 26.2 Å². The number of hydrogen-bond donors (Lipinski definition) is 1. The van der Waals surface area contributed by atoms with Crippen molar-refractivity contribution in [2.45, 2.75) is 57.4 Å². The maximum atomic E-state index is 13.1. The van der Waals surface area contributed by atoms with Crippen LogP contribution in [0.25, 0.3) is 0 Å². The van der Waals surface area contributed by atoms with E-state index in [1.165, 1.54) is 0 Å². The molecular formula is C21H29NO3S. The number of methoxy groups -OCH3 is 1. The van der Waals surface area contributed by atoms with E-state index in [1.807, 2.05) is 58.0 Å². The van der Waals surface area contributed by atoms with Gasteiger partial charge < -0.3 is 4.74 Å². The molecule has 0 aliphatic rings. The molecule has 0 unspecified atom stereocenters. The van der Waals surface area contributed by atoms with Gasteiger partial charge >= 0.3 is 0 Å². The van der Waals surface area contributed by atoms with Crippen molar-refractivity contribution in [3.63, 3.8) is 0 Å². The number of ether oxygens (including phenoxy) is 1. The van der Waals surface area contributed by atoms with E-state index in [-0.39, 0.29) is 5.92 Å². The zero-order valence-corrected chi connectivity index (χ0v) is 17.3. The lowest BCUT2D eigenvalue weighted by Gasteiger charge is -2.27. The molecule has 4 nitrogen and oxygen atoms in total. The van der Waals surface area contributed by atoms with Crippen molar-refractivity contribution in [2.24, 2.45) is 0 Å². The van der Waals surface area contributed by atoms with Crippen LogP contribution in [-0.2, 0) is 16.4 Å². The molecule has 0 aliphatic carbocycles. The standard InChI is InChI=1S/C21H29NO3S/c1-15(2)18-13-20(16(3)12-19(18)25-6)26(23,24)22-21(4,5)14-17-10-8-7-9-11-17/h7-13,15,22H,14H2,1-6H3. The topological polar surface area (TPSA) is 55.4 Å². The maximum Gasteiger partial charge on any atom is 0.241 e. The van der Waals surface area contributed by atoms with E-state index < -0.39 is 15.6 Å². The lowest BCUT2D eigenvalue weighted by molar-refractivity contribution is 0.406. The molecular weight excluding hydrogens is 346 g/mol. The van der Waals surface area contributed by atoms with Crippen LogP contribution in [-0.4, -0.2) is 21.1 Å². The molecule has 5 heteroatoms. The molecule has 2 aromatic carbocycles. The van der Waals surface area contributed by atoms with Crippen LogP contribution in [0, 0.1) is 6.92 Å². The summed E-state index contributed by atoms with van der Waals surface area (Å²) in [5.41, 5.74) is 2.05. The number of aryl methyl sites for hydroxylation is 1. The van der Waals surface area contributed by atoms with Gasteiger partial charge in [-0.25, -0.2) is 13.1 Å². The largest absolute Gasteiger partial charge is 0.496 e. The smallest absolute Gasteiger partial charge is 0.241 e. The van der Waals surface area contributed by atoms with Gasteiger partial charge in [-0.15, -0.1) is 0 Å². The zero-order chi connectivity index (χ0) is 19.5. The lowest BCUT2D eigenvalue weighted by atomic mass is 9.96. The van der Waals surface area contributed by atoms with Crippen molar-refractivity contribution >= 4 is 10.0 Å². The monoisotopic (exact) mass is 375 g/mol. The first kappa shape index (κ1) is 20.5. The van der Waals surface area contributed by atoms with Crippen LogP contribution in [0.4, 0.5) is 0 Å². The summed E-state index contributed by atoms with van der Waals surface area (Å²) in [5, 5.41) is 0. The number of nitrogens with one attached hydrogen (secondary N) is 1. The first-order valence-electron chi connectivity index (χ1n) is 8.82. The minimum absolute atomic E-state index is 0.164. The number of sulfonamides is 1. The van der Waals surface area contributed by atoms with E-state index >= 15 is 0 Å². The summed E-state index contributed by atoms with van der Waals surface area (Å²) in [6, 6.07) is 13.4. The van der Waals surface area contributed by atoms with Crippen molar-refractivity contribution in [3.8, 4) is 5.75 Å². The Hall–Kier alpha value is -1.85. The van der Waals surface area contributed by atoms with Crippen molar-refractivity contribution in [3.05, 3.63) is 59.2 Å². The Kier molecular flexibility index (Phi) is 6.14. The molecule has 142 valence electrons. The molecule has 0 heterocycles. The molecule has 0 amide bonds. The second-order valence-corrected chi connectivity index (χ2v) is 9.32. The van der Waals surface area contributed by atoms with Crippen molar-refractivity contribution in [1.29, 1.82) is 0 Å². The van der Waals surface area contributed by atoms with Crippen LogP contribution in [0.15, 0.2) is 47.4 Å². The summed E-state index contributed by atoms with van der Waals surface area (Å²) in [6.45, 7) is 9.65. The van der Waals surface area contributed by atoms with Crippen molar-refractivity contribution in [1.82, 2.24) is 4.72 Å². The minimum atomic E-state index is -3.66. The summed E-state index contributed by atoms with van der Waals surface area (Å²) >= 11 is 0. The van der Waals surface area contributed by atoms with Crippen LogP contribution in [0.3, 0.4) is 0 Å². The molecule has 0 bridgehead atoms. The van der Waals surface area contributed by atoms with E-state index in [0.717, 1.165) is 16.9 Å². The number of hydrogen-bond acceptors (Lipinski definition) is 3. The van der Waals surface area contributed by atoms with Crippen LogP contribution < -0.4 is 9.46 Å². The first-order chi connectivity index (χ1) is 12.1. The zero-order valence-electron chi connectivity index (χ0n) is 16.5. The third-order valence-electron chi connectivity index (χ3n) is 4.34. The quantitative estimate of drug-likeness (QED) is 0.779. The molecule has 1 N–H and O–H groups in total. The number of benzene rings is 2. The molecule has 0 aromatic heterocycles. The SMILES string of the molecule is COc1cc(C)c(S(=O)(=O)NC(C)(C)Cc2ccccc2)cc1C(C)C. The summed E-state index contributed by atoms with van der Waals surface area (Å²) in [5.74, 6) is 0.886. The minimum Gasteiger partial charge on any atom is -0.496 e. The van der Waals surface area contributed by atoms with Crippen LogP contribution >= 0.6 is 0 Å². The summed E-state index contributed by atoms with van der Waals surface area (Å²) in [7, 11) is -2.05. The molecule has 2 rings (SSSR count). The fourth-order valence-corrected chi connectivity index (χ4v) is 4.83. The number of rotatable bonds is 7. The molecule has 26 heavy (non-hydrogen) atoms. The molecule has 0 atom stereocenters. The Bertz CT molecular complexity index is 856. The molecule has 0 radical (unpaired) electrons. The van der Waals surface area contributed by atoms with E-state index in [2.05, 4.69) is 4.72 Å². The highest BCUT2D eigenvalue weighted by atomic mass is 32.2. The fraction of sp³-hybridized carbons (Fsp3) is 0.429. The Morgan fingerprint density at radius 3 is 2.27 bits per heavy atom. The molecule has 0 fully saturated rings. The summed E-state index contributed by atoms with van der Waals surface area (Å²) in [6.07, 6.45) is 0.610. The van der Waals surface area contributed by atoms with Crippen LogP contribution in [0.2, 0.25) is 0 Å². The average molecular weight is 376 g/mol. The van der Waals surface area contributed by atoms with Gasteiger partial charge in [0.1, 0.15) is 5.75 Å². The van der Waals surface area contributed by atoms with Gasteiger partial charge in [-0.3, -0.25) is 0 Å². The predicted octanol–water partition coefficient (Wildman–Crippen LogP) is 4.43. The molecule has 0 spiro atoms. The predicted molar refractivity (Wildman–Crippen MR) is 106 cm³/mol. The average Bonchev–Trinajstić information content (AvgIpc) is 2.53. The van der Waals surface area contributed by atoms with Gasteiger partial charge in [-0.2, -0.15) is 0 Å². The van der Waals surface area contributed by atoms with Crippen molar-refractivity contribution in [2.75, 3.05) is 7.11 Å². The van der Waals surface area contributed by atoms with E-state index in [4.69, 9.17) is 4.74 Å². The molecule has 2 aromatic rings. The van der Waals surface area contributed by atoms with E-state index in [0.29, 0.717) is 16.9 Å². The molecule has 0 saturated heterocycles. The summed E-state index contributed by atoms with van der Waals surface area (Å²) < 4.78 is 34.5. The first-order valence-corrected chi connectivity index (χ1v) is 10.3. The van der Waals surface area contributed by atoms with Gasteiger partial charge in [-0.1, -0.05) is 44.2 Å². The fourth-order valence-electron chi connectivity index (χ4n) is 3.16. The van der Waals surface area contributed by atoms with Crippen molar-refractivity contribution < 1.29 is 13.2 Å². The Morgan fingerprint density at radius 1 is 1.12 bits per heavy atom. The Balaban J connectivity index is 2.36. The Morgan fingerprint density at radius 2 is 1.73 bits per heavy atom. The van der Waals surface area contributed by atoms with Crippen LogP contribution in [0.5, 0.6) is 5.75 Å². The normalized spacial score (nSPS) is 12.4. The van der Waals surface area contributed by atoms with Gasteiger partial charge in [0.05, 0.1) is 12.0 Å². The maximum absolute atomic E-state index is 13.1. The molecule has 0 aliphatic heterocycles. The third-order valence-corrected chi connectivity index (χ3v) is 6.18. The second kappa shape index (κ2) is 7.80. The van der Waals surface area contributed by atoms with Gasteiger partial charge in [-0.05, 0) is 61.9 Å². The summed E-state index contributed by atoms with van der Waals surface area (Å²) in [4.78, 5) is 0.308. The Labute approximate surface area is 157 Å². The highest BCUT2D eigenvalue weighted by molar-refractivity contribution is 7.89.